The van der Waals surface area contributed by atoms with Gasteiger partial charge in [0.1, 0.15) is 0 Å². The van der Waals surface area contributed by atoms with E-state index in [1.165, 1.54) is 16.7 Å². The maximum atomic E-state index is 3.82. The summed E-state index contributed by atoms with van der Waals surface area (Å²) in [5, 5.41) is 2.04. The Kier molecular flexibility index (Phi) is 12.3. The molecule has 0 unspecified atom stereocenters. The fourth-order valence-electron chi connectivity index (χ4n) is 3.09. The van der Waals surface area contributed by atoms with Gasteiger partial charge in [-0.1, -0.05) is 90.3 Å². The van der Waals surface area contributed by atoms with Gasteiger partial charge in [0.2, 0.25) is 0 Å². The summed E-state index contributed by atoms with van der Waals surface area (Å²) in [6, 6.07) is 7.16. The molecule has 0 fully saturated rings. The average molecular weight is 355 g/mol. The van der Waals surface area contributed by atoms with E-state index in [1.807, 2.05) is 65.0 Å². The second kappa shape index (κ2) is 13.3. The zero-order valence-corrected chi connectivity index (χ0v) is 17.8. The number of allylic oxidation sites excluding steroid dienone is 6. The SMILES string of the molecule is C=C/C=C\C(=C/C=C)c1ccc2c(c1)[C@H](NN(C)C)C[C@H]2C.CC.CC. The quantitative estimate of drug-likeness (QED) is 0.453. The molecule has 2 heteroatoms. The molecule has 1 aliphatic rings. The first kappa shape index (κ1) is 24.1. The van der Waals surface area contributed by atoms with Crippen LogP contribution in [0.2, 0.25) is 0 Å². The highest BCUT2D eigenvalue weighted by molar-refractivity contribution is 5.76. The molecule has 0 saturated carbocycles. The lowest BCUT2D eigenvalue weighted by atomic mass is 9.97. The van der Waals surface area contributed by atoms with E-state index in [1.54, 1.807) is 6.08 Å². The van der Waals surface area contributed by atoms with Crippen LogP contribution in [0.1, 0.15) is 69.7 Å². The van der Waals surface area contributed by atoms with Crippen molar-refractivity contribution in [3.63, 3.8) is 0 Å². The molecular formula is C24H38N2. The van der Waals surface area contributed by atoms with Gasteiger partial charge in [0.25, 0.3) is 0 Å². The van der Waals surface area contributed by atoms with Crippen molar-refractivity contribution in [2.75, 3.05) is 14.1 Å². The first-order valence-electron chi connectivity index (χ1n) is 9.76. The minimum Gasteiger partial charge on any atom is -0.250 e. The molecule has 1 N–H and O–H groups in total. The molecule has 0 amide bonds. The molecule has 0 radical (unpaired) electrons. The van der Waals surface area contributed by atoms with Crippen LogP contribution in [-0.4, -0.2) is 19.1 Å². The third-order valence-electron chi connectivity index (χ3n) is 4.04. The smallest absolute Gasteiger partial charge is 0.0473 e. The van der Waals surface area contributed by atoms with E-state index in [0.717, 1.165) is 12.0 Å². The Morgan fingerprint density at radius 3 is 2.27 bits per heavy atom. The summed E-state index contributed by atoms with van der Waals surface area (Å²) < 4.78 is 0. The van der Waals surface area contributed by atoms with E-state index < -0.39 is 0 Å². The molecule has 2 nitrogen and oxygen atoms in total. The van der Waals surface area contributed by atoms with Crippen LogP contribution in [0.3, 0.4) is 0 Å². The van der Waals surface area contributed by atoms with Gasteiger partial charge in [-0.2, -0.15) is 0 Å². The van der Waals surface area contributed by atoms with Crippen LogP contribution < -0.4 is 5.43 Å². The monoisotopic (exact) mass is 354 g/mol. The highest BCUT2D eigenvalue weighted by Crippen LogP contribution is 2.41. The standard InChI is InChI=1S/C20H26N2.2C2H6/c1-6-8-10-16(9-7-2)17-11-12-18-15(3)13-20(19(18)14-17)21-22(4)5;2*1-2/h6-12,14-15,20-21H,1-2,13H2,3-5H3;2*1-2H3/b10-8-,16-9+;;/t15-,20-;;/m1../s1. The summed E-state index contributed by atoms with van der Waals surface area (Å²) in [6.45, 7) is 17.9. The van der Waals surface area contributed by atoms with Crippen LogP contribution >= 0.6 is 0 Å². The molecule has 0 spiro atoms. The lowest BCUT2D eigenvalue weighted by Crippen LogP contribution is -2.33. The summed E-state index contributed by atoms with van der Waals surface area (Å²) in [5.41, 5.74) is 8.76. The molecule has 2 rings (SSSR count). The Hall–Kier alpha value is -1.90. The Labute approximate surface area is 162 Å². The highest BCUT2D eigenvalue weighted by Gasteiger charge is 2.28. The fraction of sp³-hybridized carbons (Fsp3) is 0.417. The Morgan fingerprint density at radius 2 is 1.73 bits per heavy atom. The van der Waals surface area contributed by atoms with Gasteiger partial charge in [-0.3, -0.25) is 5.01 Å². The number of benzene rings is 1. The maximum absolute atomic E-state index is 3.82. The van der Waals surface area contributed by atoms with Crippen molar-refractivity contribution < 1.29 is 0 Å². The minimum atomic E-state index is 0.383. The van der Waals surface area contributed by atoms with E-state index in [4.69, 9.17) is 0 Å². The van der Waals surface area contributed by atoms with E-state index in [-0.39, 0.29) is 0 Å². The minimum absolute atomic E-state index is 0.383. The van der Waals surface area contributed by atoms with Gasteiger partial charge >= 0.3 is 0 Å². The molecule has 26 heavy (non-hydrogen) atoms. The molecule has 0 heterocycles. The number of rotatable bonds is 6. The largest absolute Gasteiger partial charge is 0.250 e. The lowest BCUT2D eigenvalue weighted by molar-refractivity contribution is 0.239. The van der Waals surface area contributed by atoms with Crippen molar-refractivity contribution in [3.8, 4) is 0 Å². The van der Waals surface area contributed by atoms with E-state index in [9.17, 15) is 0 Å². The molecule has 1 aromatic rings. The summed E-state index contributed by atoms with van der Waals surface area (Å²) >= 11 is 0. The number of hydrogen-bond acceptors (Lipinski definition) is 2. The summed E-state index contributed by atoms with van der Waals surface area (Å²) in [6.07, 6.45) is 10.8. The van der Waals surface area contributed by atoms with Crippen LogP contribution in [0, 0.1) is 0 Å². The number of hydrogen-bond donors (Lipinski definition) is 1. The zero-order chi connectivity index (χ0) is 20.1. The van der Waals surface area contributed by atoms with Crippen LogP contribution in [-0.2, 0) is 0 Å². The molecule has 144 valence electrons. The first-order valence-corrected chi connectivity index (χ1v) is 9.76. The van der Waals surface area contributed by atoms with Crippen molar-refractivity contribution >= 4 is 5.57 Å². The third kappa shape index (κ3) is 6.78. The summed E-state index contributed by atoms with van der Waals surface area (Å²) in [7, 11) is 4.09. The fourth-order valence-corrected chi connectivity index (χ4v) is 3.09. The number of fused-ring (bicyclic) bond motifs is 1. The summed E-state index contributed by atoms with van der Waals surface area (Å²) in [5.74, 6) is 0.594. The van der Waals surface area contributed by atoms with Crippen molar-refractivity contribution in [3.05, 3.63) is 78.4 Å². The predicted molar refractivity (Wildman–Crippen MR) is 119 cm³/mol. The first-order chi connectivity index (χ1) is 12.6. The van der Waals surface area contributed by atoms with Crippen LogP contribution in [0.15, 0.2) is 61.7 Å². The molecule has 0 aliphatic heterocycles. The zero-order valence-electron chi connectivity index (χ0n) is 17.8. The molecule has 2 atom stereocenters. The Balaban J connectivity index is 0.00000146. The van der Waals surface area contributed by atoms with Gasteiger partial charge < -0.3 is 0 Å². The van der Waals surface area contributed by atoms with Crippen molar-refractivity contribution in [2.24, 2.45) is 0 Å². The molecule has 0 bridgehead atoms. The summed E-state index contributed by atoms with van der Waals surface area (Å²) in [4.78, 5) is 0. The second-order valence-electron chi connectivity index (χ2n) is 6.01. The maximum Gasteiger partial charge on any atom is 0.0473 e. The molecule has 1 aromatic carbocycles. The van der Waals surface area contributed by atoms with E-state index in [2.05, 4.69) is 49.8 Å². The average Bonchev–Trinajstić information content (AvgIpc) is 2.96. The third-order valence-corrected chi connectivity index (χ3v) is 4.04. The van der Waals surface area contributed by atoms with Gasteiger partial charge in [-0.25, -0.2) is 5.43 Å². The topological polar surface area (TPSA) is 15.3 Å². The Morgan fingerprint density at radius 1 is 1.08 bits per heavy atom. The van der Waals surface area contributed by atoms with Crippen molar-refractivity contribution in [2.45, 2.75) is 53.0 Å². The van der Waals surface area contributed by atoms with E-state index in [0.29, 0.717) is 12.0 Å². The number of nitrogens with one attached hydrogen (secondary N) is 1. The van der Waals surface area contributed by atoms with Gasteiger partial charge in [-0.05, 0) is 40.7 Å². The number of nitrogens with zero attached hydrogens (tertiary/aromatic N) is 1. The van der Waals surface area contributed by atoms with Crippen LogP contribution in [0.4, 0.5) is 0 Å². The van der Waals surface area contributed by atoms with Gasteiger partial charge in [0.05, 0.1) is 0 Å². The van der Waals surface area contributed by atoms with Gasteiger partial charge in [0.15, 0.2) is 0 Å². The van der Waals surface area contributed by atoms with Gasteiger partial charge in [-0.15, -0.1) is 0 Å². The molecule has 0 saturated heterocycles. The normalized spacial score (nSPS) is 18.5. The van der Waals surface area contributed by atoms with Crippen molar-refractivity contribution in [1.82, 2.24) is 10.4 Å². The Bertz CT molecular complexity index is 607. The predicted octanol–water partition coefficient (Wildman–Crippen LogP) is 6.67. The van der Waals surface area contributed by atoms with Crippen molar-refractivity contribution in [1.29, 1.82) is 0 Å². The lowest BCUT2D eigenvalue weighted by Gasteiger charge is -2.20. The number of hydrazine groups is 1. The molecular weight excluding hydrogens is 316 g/mol. The highest BCUT2D eigenvalue weighted by atomic mass is 15.5. The van der Waals surface area contributed by atoms with Gasteiger partial charge in [0, 0.05) is 20.1 Å². The van der Waals surface area contributed by atoms with Crippen LogP contribution in [0.25, 0.3) is 5.57 Å². The molecule has 0 aromatic heterocycles. The van der Waals surface area contributed by atoms with Crippen LogP contribution in [0.5, 0.6) is 0 Å². The second-order valence-corrected chi connectivity index (χ2v) is 6.01. The van der Waals surface area contributed by atoms with E-state index >= 15 is 0 Å². The molecule has 1 aliphatic carbocycles.